The van der Waals surface area contributed by atoms with Gasteiger partial charge in [0.1, 0.15) is 11.6 Å². The molecule has 2 aliphatic heterocycles. The maximum atomic E-state index is 12.8. The topological polar surface area (TPSA) is 93.8 Å². The number of amides is 2. The SMILES string of the molecule is Cc1ncc2n1CC(C(=O)NCC(C)(C)CNC(=O)C1CCc3cnc(C)n3C1)CC2. The molecule has 2 aromatic heterocycles. The number of aromatic nitrogens is 4. The minimum absolute atomic E-state index is 0.0272. The zero-order chi connectivity index (χ0) is 22.2. The fourth-order valence-corrected chi connectivity index (χ4v) is 4.63. The monoisotopic (exact) mass is 426 g/mol. The predicted octanol–water partition coefficient (Wildman–Crippen LogP) is 1.78. The van der Waals surface area contributed by atoms with Crippen LogP contribution in [0.25, 0.3) is 0 Å². The van der Waals surface area contributed by atoms with Gasteiger partial charge in [0.05, 0.1) is 11.8 Å². The van der Waals surface area contributed by atoms with Gasteiger partial charge in [0, 0.05) is 50.0 Å². The highest BCUT2D eigenvalue weighted by atomic mass is 16.2. The number of hydrogen-bond donors (Lipinski definition) is 2. The minimum Gasteiger partial charge on any atom is -0.355 e. The van der Waals surface area contributed by atoms with Crippen LogP contribution < -0.4 is 10.6 Å². The van der Waals surface area contributed by atoms with Crippen molar-refractivity contribution in [3.05, 3.63) is 35.4 Å². The molecule has 0 saturated carbocycles. The summed E-state index contributed by atoms with van der Waals surface area (Å²) in [6, 6.07) is 0. The number of hydrogen-bond acceptors (Lipinski definition) is 4. The van der Waals surface area contributed by atoms with Crippen LogP contribution in [0.15, 0.2) is 12.4 Å². The van der Waals surface area contributed by atoms with Gasteiger partial charge in [0.25, 0.3) is 0 Å². The van der Waals surface area contributed by atoms with Crippen molar-refractivity contribution in [2.45, 2.75) is 66.5 Å². The number of nitrogens with zero attached hydrogens (tertiary/aromatic N) is 4. The molecule has 0 fully saturated rings. The Hall–Kier alpha value is -2.64. The molecule has 2 atom stereocenters. The molecule has 0 radical (unpaired) electrons. The second kappa shape index (κ2) is 8.48. The van der Waals surface area contributed by atoms with E-state index in [0.717, 1.165) is 37.3 Å². The molecule has 0 aromatic carbocycles. The van der Waals surface area contributed by atoms with E-state index in [0.29, 0.717) is 26.2 Å². The van der Waals surface area contributed by atoms with Crippen molar-refractivity contribution >= 4 is 11.8 Å². The van der Waals surface area contributed by atoms with E-state index in [1.807, 2.05) is 26.2 Å². The summed E-state index contributed by atoms with van der Waals surface area (Å²) in [6.07, 6.45) is 7.31. The first-order valence-electron chi connectivity index (χ1n) is 11.3. The Bertz CT molecular complexity index is 897. The number of imidazole rings is 2. The van der Waals surface area contributed by atoms with Crippen molar-refractivity contribution in [3.8, 4) is 0 Å². The Kier molecular flexibility index (Phi) is 5.90. The van der Waals surface area contributed by atoms with Crippen LogP contribution in [0.2, 0.25) is 0 Å². The molecular weight excluding hydrogens is 392 g/mol. The Morgan fingerprint density at radius 2 is 1.32 bits per heavy atom. The van der Waals surface area contributed by atoms with Gasteiger partial charge in [0.2, 0.25) is 11.8 Å². The summed E-state index contributed by atoms with van der Waals surface area (Å²) in [6.45, 7) is 10.6. The van der Waals surface area contributed by atoms with Crippen LogP contribution in [0.4, 0.5) is 0 Å². The van der Waals surface area contributed by atoms with E-state index < -0.39 is 0 Å². The van der Waals surface area contributed by atoms with E-state index in [1.165, 1.54) is 11.4 Å². The first-order chi connectivity index (χ1) is 14.7. The van der Waals surface area contributed by atoms with Crippen molar-refractivity contribution < 1.29 is 9.59 Å². The van der Waals surface area contributed by atoms with Gasteiger partial charge >= 0.3 is 0 Å². The van der Waals surface area contributed by atoms with E-state index in [4.69, 9.17) is 0 Å². The molecule has 2 aromatic rings. The Morgan fingerprint density at radius 3 is 1.74 bits per heavy atom. The number of fused-ring (bicyclic) bond motifs is 2. The van der Waals surface area contributed by atoms with E-state index >= 15 is 0 Å². The van der Waals surface area contributed by atoms with Crippen molar-refractivity contribution in [1.29, 1.82) is 0 Å². The van der Waals surface area contributed by atoms with Crippen molar-refractivity contribution in [3.63, 3.8) is 0 Å². The van der Waals surface area contributed by atoms with Crippen LogP contribution in [-0.2, 0) is 35.5 Å². The van der Waals surface area contributed by atoms with Crippen LogP contribution in [0.3, 0.4) is 0 Å². The van der Waals surface area contributed by atoms with Gasteiger partial charge in [-0.3, -0.25) is 9.59 Å². The molecule has 31 heavy (non-hydrogen) atoms. The molecule has 0 spiro atoms. The zero-order valence-electron chi connectivity index (χ0n) is 19.1. The molecule has 8 nitrogen and oxygen atoms in total. The molecule has 4 rings (SSSR count). The quantitative estimate of drug-likeness (QED) is 0.736. The summed E-state index contributed by atoms with van der Waals surface area (Å²) in [5, 5.41) is 6.24. The highest BCUT2D eigenvalue weighted by Crippen LogP contribution is 2.23. The van der Waals surface area contributed by atoms with Crippen LogP contribution >= 0.6 is 0 Å². The highest BCUT2D eigenvalue weighted by molar-refractivity contribution is 5.79. The maximum absolute atomic E-state index is 12.8. The molecule has 0 bridgehead atoms. The van der Waals surface area contributed by atoms with Crippen molar-refractivity contribution in [2.24, 2.45) is 17.3 Å². The first-order valence-corrected chi connectivity index (χ1v) is 11.3. The first kappa shape index (κ1) is 21.6. The Labute approximate surface area is 183 Å². The number of carbonyl (C=O) groups excluding carboxylic acids is 2. The normalized spacial score (nSPS) is 20.6. The van der Waals surface area contributed by atoms with Crippen molar-refractivity contribution in [1.82, 2.24) is 29.7 Å². The van der Waals surface area contributed by atoms with Gasteiger partial charge in [-0.1, -0.05) is 13.8 Å². The van der Waals surface area contributed by atoms with Gasteiger partial charge < -0.3 is 19.8 Å². The molecule has 2 N–H and O–H groups in total. The van der Waals surface area contributed by atoms with Gasteiger partial charge in [-0.05, 0) is 44.9 Å². The average Bonchev–Trinajstić information content (AvgIpc) is 3.32. The molecule has 0 saturated heterocycles. The second-order valence-electron chi connectivity index (χ2n) is 9.89. The van der Waals surface area contributed by atoms with Gasteiger partial charge in [-0.2, -0.15) is 0 Å². The number of carbonyl (C=O) groups is 2. The summed E-state index contributed by atoms with van der Waals surface area (Å²) in [5.41, 5.74) is 2.21. The third-order valence-corrected chi connectivity index (χ3v) is 6.80. The summed E-state index contributed by atoms with van der Waals surface area (Å²) in [7, 11) is 0. The van der Waals surface area contributed by atoms with E-state index in [2.05, 4.69) is 43.6 Å². The summed E-state index contributed by atoms with van der Waals surface area (Å²) in [5.74, 6) is 2.07. The second-order valence-corrected chi connectivity index (χ2v) is 9.89. The van der Waals surface area contributed by atoms with Gasteiger partial charge in [-0.15, -0.1) is 0 Å². The molecule has 168 valence electrons. The smallest absolute Gasteiger partial charge is 0.224 e. The fraction of sp³-hybridized carbons (Fsp3) is 0.652. The number of nitrogens with one attached hydrogen (secondary N) is 2. The highest BCUT2D eigenvalue weighted by Gasteiger charge is 2.29. The summed E-state index contributed by atoms with van der Waals surface area (Å²) < 4.78 is 4.30. The lowest BCUT2D eigenvalue weighted by atomic mass is 9.91. The van der Waals surface area contributed by atoms with Crippen LogP contribution in [0.1, 0.15) is 49.7 Å². The van der Waals surface area contributed by atoms with Crippen LogP contribution in [-0.4, -0.2) is 44.0 Å². The minimum atomic E-state index is -0.221. The lowest BCUT2D eigenvalue weighted by Gasteiger charge is -2.30. The summed E-state index contributed by atoms with van der Waals surface area (Å²) >= 11 is 0. The zero-order valence-corrected chi connectivity index (χ0v) is 19.1. The Morgan fingerprint density at radius 1 is 0.903 bits per heavy atom. The molecule has 4 heterocycles. The average molecular weight is 427 g/mol. The third kappa shape index (κ3) is 4.67. The third-order valence-electron chi connectivity index (χ3n) is 6.80. The van der Waals surface area contributed by atoms with Gasteiger partial charge in [-0.25, -0.2) is 9.97 Å². The molecule has 2 amide bonds. The molecule has 0 aliphatic carbocycles. The maximum Gasteiger partial charge on any atom is 0.224 e. The van der Waals surface area contributed by atoms with E-state index in [-0.39, 0.29) is 29.1 Å². The Balaban J connectivity index is 1.24. The van der Waals surface area contributed by atoms with Crippen molar-refractivity contribution in [2.75, 3.05) is 13.1 Å². The van der Waals surface area contributed by atoms with E-state index in [1.54, 1.807) is 0 Å². The van der Waals surface area contributed by atoms with E-state index in [9.17, 15) is 9.59 Å². The lowest BCUT2D eigenvalue weighted by Crippen LogP contribution is -2.46. The molecule has 2 unspecified atom stereocenters. The van der Waals surface area contributed by atoms with Gasteiger partial charge in [0.15, 0.2) is 0 Å². The van der Waals surface area contributed by atoms with Crippen LogP contribution in [0.5, 0.6) is 0 Å². The number of rotatable bonds is 6. The summed E-state index contributed by atoms with van der Waals surface area (Å²) in [4.78, 5) is 34.2. The molecule has 8 heteroatoms. The largest absolute Gasteiger partial charge is 0.355 e. The molecule has 2 aliphatic rings. The standard InChI is InChI=1S/C23H34N6O2/c1-15-24-9-19-7-5-17(11-28(15)19)21(30)26-13-23(3,4)14-27-22(31)18-6-8-20-10-25-16(2)29(20)12-18/h9-10,17-18H,5-8,11-14H2,1-4H3,(H,26,30)(H,27,31). The van der Waals surface area contributed by atoms with Crippen LogP contribution in [0, 0.1) is 31.1 Å². The fourth-order valence-electron chi connectivity index (χ4n) is 4.63. The molecular formula is C23H34N6O2. The predicted molar refractivity (Wildman–Crippen MR) is 117 cm³/mol. The number of aryl methyl sites for hydroxylation is 4. The lowest BCUT2D eigenvalue weighted by molar-refractivity contribution is -0.126.